The predicted octanol–water partition coefficient (Wildman–Crippen LogP) is 2.87. The minimum atomic E-state index is -0.534. The molecule has 6 heteroatoms. The number of halogens is 1. The highest BCUT2D eigenvalue weighted by atomic mass is 127. The minimum absolute atomic E-state index is 0. The summed E-state index contributed by atoms with van der Waals surface area (Å²) in [5.74, 6) is 0.781. The number of hydrogen-bond donors (Lipinski definition) is 3. The van der Waals surface area contributed by atoms with Crippen molar-refractivity contribution < 1.29 is 5.11 Å². The van der Waals surface area contributed by atoms with Gasteiger partial charge in [-0.3, -0.25) is 4.90 Å². The van der Waals surface area contributed by atoms with Gasteiger partial charge in [0.1, 0.15) is 0 Å². The minimum Gasteiger partial charge on any atom is -0.388 e. The van der Waals surface area contributed by atoms with Crippen LogP contribution in [-0.2, 0) is 13.1 Å². The molecule has 0 spiro atoms. The molecule has 26 heavy (non-hydrogen) atoms. The molecule has 1 aliphatic carbocycles. The summed E-state index contributed by atoms with van der Waals surface area (Å²) >= 11 is 0. The summed E-state index contributed by atoms with van der Waals surface area (Å²) in [6, 6.07) is 8.80. The van der Waals surface area contributed by atoms with Gasteiger partial charge in [0.15, 0.2) is 5.96 Å². The number of rotatable bonds is 7. The number of aliphatic hydroxyl groups is 1. The maximum atomic E-state index is 10.2. The normalized spacial score (nSPS) is 19.5. The van der Waals surface area contributed by atoms with Crippen molar-refractivity contribution in [3.8, 4) is 0 Å². The van der Waals surface area contributed by atoms with E-state index in [1.807, 2.05) is 0 Å². The van der Waals surface area contributed by atoms with Crippen LogP contribution in [0.5, 0.6) is 0 Å². The van der Waals surface area contributed by atoms with E-state index in [-0.39, 0.29) is 24.0 Å². The Balaban J connectivity index is 0.00000243. The highest BCUT2D eigenvalue weighted by molar-refractivity contribution is 14.0. The van der Waals surface area contributed by atoms with Crippen LogP contribution in [0.15, 0.2) is 29.3 Å². The van der Waals surface area contributed by atoms with E-state index in [9.17, 15) is 5.11 Å². The fourth-order valence-electron chi connectivity index (χ4n) is 3.47. The summed E-state index contributed by atoms with van der Waals surface area (Å²) in [5.41, 5.74) is 2.06. The molecule has 2 aliphatic rings. The second-order valence-electron chi connectivity index (χ2n) is 7.43. The van der Waals surface area contributed by atoms with Gasteiger partial charge in [-0.15, -0.1) is 24.0 Å². The first-order valence-corrected chi connectivity index (χ1v) is 9.72. The average Bonchev–Trinajstić information content (AvgIpc) is 3.10. The molecular formula is C20H33IN4O. The monoisotopic (exact) mass is 472 g/mol. The largest absolute Gasteiger partial charge is 0.388 e. The molecule has 3 rings (SSSR count). The van der Waals surface area contributed by atoms with E-state index in [2.05, 4.69) is 51.7 Å². The number of nitrogens with zero attached hydrogens (tertiary/aromatic N) is 2. The maximum Gasteiger partial charge on any atom is 0.191 e. The molecule has 3 N–H and O–H groups in total. The summed E-state index contributed by atoms with van der Waals surface area (Å²) in [6.45, 7) is 7.63. The first kappa shape index (κ1) is 21.4. The number of benzene rings is 1. The third-order valence-corrected chi connectivity index (χ3v) is 5.26. The molecule has 2 fully saturated rings. The Morgan fingerprint density at radius 1 is 1.08 bits per heavy atom. The lowest BCUT2D eigenvalue weighted by Gasteiger charge is -2.37. The second kappa shape index (κ2) is 10.5. The van der Waals surface area contributed by atoms with Crippen LogP contribution < -0.4 is 10.6 Å². The van der Waals surface area contributed by atoms with Gasteiger partial charge in [-0.25, -0.2) is 4.99 Å². The SMILES string of the molecule is CCNC(=NCc1ccc(CN2CCCC2)cc1)NCC1(O)CCC1.I. The van der Waals surface area contributed by atoms with Crippen LogP contribution >= 0.6 is 24.0 Å². The zero-order chi connectivity index (χ0) is 17.5. The van der Waals surface area contributed by atoms with E-state index in [1.165, 1.54) is 37.1 Å². The van der Waals surface area contributed by atoms with Gasteiger partial charge in [0.2, 0.25) is 0 Å². The molecule has 1 aromatic carbocycles. The fourth-order valence-corrected chi connectivity index (χ4v) is 3.47. The van der Waals surface area contributed by atoms with Crippen molar-refractivity contribution in [2.75, 3.05) is 26.2 Å². The molecule has 0 radical (unpaired) electrons. The Hall–Kier alpha value is -0.860. The van der Waals surface area contributed by atoms with Gasteiger partial charge < -0.3 is 15.7 Å². The molecule has 1 saturated heterocycles. The average molecular weight is 472 g/mol. The van der Waals surface area contributed by atoms with Crippen LogP contribution in [-0.4, -0.2) is 47.7 Å². The lowest BCUT2D eigenvalue weighted by Crippen LogP contribution is -2.50. The fraction of sp³-hybridized carbons (Fsp3) is 0.650. The Bertz CT molecular complexity index is 566. The number of likely N-dealkylation sites (tertiary alicyclic amines) is 1. The van der Waals surface area contributed by atoms with Crippen molar-refractivity contribution in [2.45, 2.75) is 57.7 Å². The Morgan fingerprint density at radius 2 is 1.73 bits per heavy atom. The van der Waals surface area contributed by atoms with E-state index in [1.54, 1.807) is 0 Å². The van der Waals surface area contributed by atoms with Crippen LogP contribution in [0.3, 0.4) is 0 Å². The Kier molecular flexibility index (Phi) is 8.63. The number of hydrogen-bond acceptors (Lipinski definition) is 3. The van der Waals surface area contributed by atoms with Crippen LogP contribution in [0.4, 0.5) is 0 Å². The lowest BCUT2D eigenvalue weighted by atomic mass is 9.80. The van der Waals surface area contributed by atoms with E-state index >= 15 is 0 Å². The molecule has 0 bridgehead atoms. The molecular weight excluding hydrogens is 439 g/mol. The number of nitrogens with one attached hydrogen (secondary N) is 2. The highest BCUT2D eigenvalue weighted by Crippen LogP contribution is 2.30. The van der Waals surface area contributed by atoms with Gasteiger partial charge in [-0.2, -0.15) is 0 Å². The third kappa shape index (κ3) is 6.39. The summed E-state index contributed by atoms with van der Waals surface area (Å²) < 4.78 is 0. The van der Waals surface area contributed by atoms with Crippen molar-refractivity contribution in [3.63, 3.8) is 0 Å². The summed E-state index contributed by atoms with van der Waals surface area (Å²) in [4.78, 5) is 7.17. The van der Waals surface area contributed by atoms with Gasteiger partial charge in [-0.05, 0) is 63.2 Å². The highest BCUT2D eigenvalue weighted by Gasteiger charge is 2.34. The molecule has 1 aromatic rings. The summed E-state index contributed by atoms with van der Waals surface area (Å²) in [6.07, 6.45) is 5.57. The first-order valence-electron chi connectivity index (χ1n) is 9.72. The standard InChI is InChI=1S/C20H32N4O.HI/c1-2-21-19(23-16-20(25)10-5-11-20)22-14-17-6-8-18(9-7-17)15-24-12-3-4-13-24;/h6-9,25H,2-5,10-16H2,1H3,(H2,21,22,23);1H. The smallest absolute Gasteiger partial charge is 0.191 e. The van der Waals surface area contributed by atoms with Crippen molar-refractivity contribution in [2.24, 2.45) is 4.99 Å². The topological polar surface area (TPSA) is 59.9 Å². The molecule has 0 atom stereocenters. The molecule has 0 unspecified atom stereocenters. The van der Waals surface area contributed by atoms with Crippen LogP contribution in [0, 0.1) is 0 Å². The number of aliphatic imine (C=N–C) groups is 1. The van der Waals surface area contributed by atoms with Crippen LogP contribution in [0.25, 0.3) is 0 Å². The molecule has 0 aromatic heterocycles. The second-order valence-corrected chi connectivity index (χ2v) is 7.43. The van der Waals surface area contributed by atoms with Crippen molar-refractivity contribution in [1.82, 2.24) is 15.5 Å². The third-order valence-electron chi connectivity index (χ3n) is 5.26. The molecule has 5 nitrogen and oxygen atoms in total. The van der Waals surface area contributed by atoms with Crippen LogP contribution in [0.2, 0.25) is 0 Å². The lowest BCUT2D eigenvalue weighted by molar-refractivity contribution is -0.0279. The first-order chi connectivity index (χ1) is 12.2. The maximum absolute atomic E-state index is 10.2. The van der Waals surface area contributed by atoms with E-state index in [4.69, 9.17) is 0 Å². The van der Waals surface area contributed by atoms with Crippen LogP contribution in [0.1, 0.15) is 50.2 Å². The number of guanidine groups is 1. The molecule has 146 valence electrons. The van der Waals surface area contributed by atoms with Crippen molar-refractivity contribution in [1.29, 1.82) is 0 Å². The summed E-state index contributed by atoms with van der Waals surface area (Å²) in [5, 5.41) is 16.7. The zero-order valence-corrected chi connectivity index (χ0v) is 18.2. The quantitative estimate of drug-likeness (QED) is 0.325. The summed E-state index contributed by atoms with van der Waals surface area (Å²) in [7, 11) is 0. The van der Waals surface area contributed by atoms with Gasteiger partial charge in [0.05, 0.1) is 12.1 Å². The Morgan fingerprint density at radius 3 is 2.31 bits per heavy atom. The van der Waals surface area contributed by atoms with E-state index < -0.39 is 5.60 Å². The van der Waals surface area contributed by atoms with Gasteiger partial charge in [-0.1, -0.05) is 24.3 Å². The predicted molar refractivity (Wildman–Crippen MR) is 118 cm³/mol. The molecule has 1 saturated carbocycles. The molecule has 1 aliphatic heterocycles. The Labute approximate surface area is 174 Å². The van der Waals surface area contributed by atoms with Gasteiger partial charge in [0, 0.05) is 19.6 Å². The van der Waals surface area contributed by atoms with Crippen molar-refractivity contribution >= 4 is 29.9 Å². The van der Waals surface area contributed by atoms with Crippen molar-refractivity contribution in [3.05, 3.63) is 35.4 Å². The van der Waals surface area contributed by atoms with E-state index in [0.717, 1.165) is 38.3 Å². The molecule has 0 amide bonds. The van der Waals surface area contributed by atoms with E-state index in [0.29, 0.717) is 13.1 Å². The zero-order valence-electron chi connectivity index (χ0n) is 15.8. The molecule has 1 heterocycles. The van der Waals surface area contributed by atoms with Gasteiger partial charge >= 0.3 is 0 Å². The van der Waals surface area contributed by atoms with Gasteiger partial charge in [0.25, 0.3) is 0 Å².